The Morgan fingerprint density at radius 3 is 2.50 bits per heavy atom. The van der Waals surface area contributed by atoms with Crippen LogP contribution in [0.25, 0.3) is 0 Å². The Morgan fingerprint density at radius 2 is 2.00 bits per heavy atom. The molecule has 0 radical (unpaired) electrons. The lowest BCUT2D eigenvalue weighted by Gasteiger charge is -2.21. The van der Waals surface area contributed by atoms with E-state index in [0.29, 0.717) is 6.61 Å². The maximum absolute atomic E-state index is 12.1. The first-order valence-corrected chi connectivity index (χ1v) is 7.48. The molecule has 0 saturated heterocycles. The Bertz CT molecular complexity index is 378. The van der Waals surface area contributed by atoms with Gasteiger partial charge in [0.15, 0.2) is 0 Å². The Morgan fingerprint density at radius 1 is 1.39 bits per heavy atom. The number of hydrogen-bond donors (Lipinski definition) is 0. The molecular formula is C14H21NO2S. The maximum Gasteiger partial charge on any atom is 0.230 e. The van der Waals surface area contributed by atoms with Gasteiger partial charge in [-0.1, -0.05) is 6.92 Å². The lowest BCUT2D eigenvalue weighted by molar-refractivity contribution is -0.120. The Hall–Kier alpha value is -1.16. The number of carbonyl (C=O) groups excluding carboxylic acids is 1. The second kappa shape index (κ2) is 7.31. The van der Waals surface area contributed by atoms with Gasteiger partial charge in [0.25, 0.3) is 0 Å². The van der Waals surface area contributed by atoms with Gasteiger partial charge in [-0.05, 0) is 37.4 Å². The number of benzene rings is 1. The number of carbonyl (C=O) groups is 1. The van der Waals surface area contributed by atoms with Crippen molar-refractivity contribution in [2.24, 2.45) is 5.92 Å². The molecular weight excluding hydrogens is 246 g/mol. The van der Waals surface area contributed by atoms with Gasteiger partial charge >= 0.3 is 0 Å². The van der Waals surface area contributed by atoms with E-state index in [2.05, 4.69) is 0 Å². The molecule has 0 spiro atoms. The summed E-state index contributed by atoms with van der Waals surface area (Å²) in [6.07, 6.45) is 2.01. The average molecular weight is 267 g/mol. The largest absolute Gasteiger partial charge is 0.494 e. The highest BCUT2D eigenvalue weighted by molar-refractivity contribution is 7.98. The lowest BCUT2D eigenvalue weighted by atomic mass is 10.1. The minimum absolute atomic E-state index is 0.0385. The molecule has 0 aliphatic rings. The molecule has 1 amide bonds. The molecule has 4 heteroatoms. The third-order valence-electron chi connectivity index (χ3n) is 2.70. The fourth-order valence-corrected chi connectivity index (χ4v) is 2.35. The molecule has 0 N–H and O–H groups in total. The smallest absolute Gasteiger partial charge is 0.230 e. The van der Waals surface area contributed by atoms with Gasteiger partial charge in [-0.15, -0.1) is 0 Å². The Kier molecular flexibility index (Phi) is 6.05. The number of ether oxygens (including phenoxy) is 1. The van der Waals surface area contributed by atoms with E-state index in [1.165, 1.54) is 0 Å². The summed E-state index contributed by atoms with van der Waals surface area (Å²) in [4.78, 5) is 13.8. The van der Waals surface area contributed by atoms with Gasteiger partial charge in [-0.3, -0.25) is 4.79 Å². The minimum atomic E-state index is 0.0385. The molecule has 1 aromatic rings. The summed E-state index contributed by atoms with van der Waals surface area (Å²) in [5.41, 5.74) is 0.899. The standard InChI is InChI=1S/C14H21NO2S/c1-5-17-13-8-6-12(7-9-13)15(3)14(16)11(2)10-18-4/h6-9,11H,5,10H2,1-4H3/t11-/m0/s1. The highest BCUT2D eigenvalue weighted by atomic mass is 32.2. The molecule has 1 aromatic carbocycles. The van der Waals surface area contributed by atoms with Gasteiger partial charge in [0.2, 0.25) is 5.91 Å². The number of hydrogen-bond acceptors (Lipinski definition) is 3. The monoisotopic (exact) mass is 267 g/mol. The van der Waals surface area contributed by atoms with Crippen LogP contribution in [-0.4, -0.2) is 31.6 Å². The van der Waals surface area contributed by atoms with Gasteiger partial charge in [-0.2, -0.15) is 11.8 Å². The SMILES string of the molecule is CCOc1ccc(N(C)C(=O)[C@@H](C)CSC)cc1. The van der Waals surface area contributed by atoms with Crippen LogP contribution >= 0.6 is 11.8 Å². The summed E-state index contributed by atoms with van der Waals surface area (Å²) in [5, 5.41) is 0. The van der Waals surface area contributed by atoms with E-state index in [9.17, 15) is 4.79 Å². The first-order valence-electron chi connectivity index (χ1n) is 6.09. The van der Waals surface area contributed by atoms with Gasteiger partial charge in [0.05, 0.1) is 6.61 Å². The lowest BCUT2D eigenvalue weighted by Crippen LogP contribution is -2.32. The van der Waals surface area contributed by atoms with Crippen LogP contribution in [0.4, 0.5) is 5.69 Å². The summed E-state index contributed by atoms with van der Waals surface area (Å²) in [6, 6.07) is 7.60. The molecule has 1 atom stereocenters. The topological polar surface area (TPSA) is 29.5 Å². The van der Waals surface area contributed by atoms with E-state index in [1.54, 1.807) is 16.7 Å². The van der Waals surface area contributed by atoms with Crippen LogP contribution in [0.3, 0.4) is 0 Å². The zero-order valence-electron chi connectivity index (χ0n) is 11.5. The molecule has 0 saturated carbocycles. The molecule has 0 aliphatic carbocycles. The molecule has 0 aromatic heterocycles. The predicted octanol–water partition coefficient (Wildman–Crippen LogP) is 3.05. The van der Waals surface area contributed by atoms with Crippen LogP contribution in [0.1, 0.15) is 13.8 Å². The zero-order chi connectivity index (χ0) is 13.5. The first kappa shape index (κ1) is 14.9. The zero-order valence-corrected chi connectivity index (χ0v) is 12.3. The molecule has 0 aliphatic heterocycles. The number of nitrogens with zero attached hydrogens (tertiary/aromatic N) is 1. The quantitative estimate of drug-likeness (QED) is 0.793. The second-order valence-corrected chi connectivity index (χ2v) is 5.09. The van der Waals surface area contributed by atoms with Crippen molar-refractivity contribution in [1.82, 2.24) is 0 Å². The molecule has 0 heterocycles. The van der Waals surface area contributed by atoms with Crippen LogP contribution in [0, 0.1) is 5.92 Å². The maximum atomic E-state index is 12.1. The van der Waals surface area contributed by atoms with Gasteiger partial charge in [0, 0.05) is 24.4 Å². The van der Waals surface area contributed by atoms with Gasteiger partial charge in [-0.25, -0.2) is 0 Å². The molecule has 100 valence electrons. The van der Waals surface area contributed by atoms with Crippen molar-refractivity contribution in [3.63, 3.8) is 0 Å². The van der Waals surface area contributed by atoms with E-state index < -0.39 is 0 Å². The summed E-state index contributed by atoms with van der Waals surface area (Å²) in [7, 11) is 1.81. The number of anilines is 1. The molecule has 18 heavy (non-hydrogen) atoms. The normalized spacial score (nSPS) is 12.0. The van der Waals surface area contributed by atoms with Crippen molar-refractivity contribution in [3.8, 4) is 5.75 Å². The fraction of sp³-hybridized carbons (Fsp3) is 0.500. The average Bonchev–Trinajstić information content (AvgIpc) is 2.38. The molecule has 1 rings (SSSR count). The Labute approximate surface area is 114 Å². The van der Waals surface area contributed by atoms with Crippen LogP contribution in [0.5, 0.6) is 5.75 Å². The van der Waals surface area contributed by atoms with Crippen molar-refractivity contribution in [3.05, 3.63) is 24.3 Å². The summed E-state index contributed by atoms with van der Waals surface area (Å²) < 4.78 is 5.38. The third kappa shape index (κ3) is 3.95. The Balaban J connectivity index is 2.71. The minimum Gasteiger partial charge on any atom is -0.494 e. The van der Waals surface area contributed by atoms with Crippen molar-refractivity contribution in [1.29, 1.82) is 0 Å². The highest BCUT2D eigenvalue weighted by Crippen LogP contribution is 2.20. The van der Waals surface area contributed by atoms with Crippen molar-refractivity contribution < 1.29 is 9.53 Å². The van der Waals surface area contributed by atoms with E-state index >= 15 is 0 Å². The fourth-order valence-electron chi connectivity index (χ4n) is 1.71. The summed E-state index contributed by atoms with van der Waals surface area (Å²) in [6.45, 7) is 4.57. The summed E-state index contributed by atoms with van der Waals surface area (Å²) >= 11 is 1.69. The van der Waals surface area contributed by atoms with Crippen LogP contribution in [-0.2, 0) is 4.79 Å². The number of amides is 1. The highest BCUT2D eigenvalue weighted by Gasteiger charge is 2.18. The molecule has 0 unspecified atom stereocenters. The summed E-state index contributed by atoms with van der Waals surface area (Å²) in [5.74, 6) is 1.87. The van der Waals surface area contributed by atoms with E-state index in [-0.39, 0.29) is 11.8 Å². The van der Waals surface area contributed by atoms with Gasteiger partial charge < -0.3 is 9.64 Å². The molecule has 3 nitrogen and oxygen atoms in total. The first-order chi connectivity index (χ1) is 8.60. The van der Waals surface area contributed by atoms with Crippen LogP contribution in [0.15, 0.2) is 24.3 Å². The van der Waals surface area contributed by atoms with E-state index in [1.807, 2.05) is 51.4 Å². The second-order valence-electron chi connectivity index (χ2n) is 4.18. The van der Waals surface area contributed by atoms with Crippen LogP contribution < -0.4 is 9.64 Å². The van der Waals surface area contributed by atoms with Gasteiger partial charge in [0.1, 0.15) is 5.75 Å². The number of thioether (sulfide) groups is 1. The third-order valence-corrected chi connectivity index (χ3v) is 3.54. The molecule has 0 fully saturated rings. The van der Waals surface area contributed by atoms with Crippen molar-refractivity contribution >= 4 is 23.4 Å². The predicted molar refractivity (Wildman–Crippen MR) is 78.6 cm³/mol. The van der Waals surface area contributed by atoms with Crippen molar-refractivity contribution in [2.45, 2.75) is 13.8 Å². The van der Waals surface area contributed by atoms with Crippen LogP contribution in [0.2, 0.25) is 0 Å². The van der Waals surface area contributed by atoms with Crippen molar-refractivity contribution in [2.75, 3.05) is 30.6 Å². The molecule has 0 bridgehead atoms. The number of rotatable bonds is 6. The van der Waals surface area contributed by atoms with E-state index in [0.717, 1.165) is 17.2 Å². The van der Waals surface area contributed by atoms with E-state index in [4.69, 9.17) is 4.74 Å².